The zero-order valence-corrected chi connectivity index (χ0v) is 12.1. The van der Waals surface area contributed by atoms with Gasteiger partial charge in [-0.15, -0.1) is 0 Å². The summed E-state index contributed by atoms with van der Waals surface area (Å²) in [4.78, 5) is 11.7. The number of hydrogen-bond acceptors (Lipinski definition) is 3. The summed E-state index contributed by atoms with van der Waals surface area (Å²) < 4.78 is 0. The number of rotatable bonds is 5. The van der Waals surface area contributed by atoms with Crippen molar-refractivity contribution in [3.05, 3.63) is 28.8 Å². The van der Waals surface area contributed by atoms with Crippen molar-refractivity contribution in [1.82, 2.24) is 5.32 Å². The Labute approximate surface area is 118 Å². The van der Waals surface area contributed by atoms with Crippen molar-refractivity contribution < 1.29 is 4.79 Å². The van der Waals surface area contributed by atoms with Gasteiger partial charge >= 0.3 is 0 Å². The van der Waals surface area contributed by atoms with E-state index in [4.69, 9.17) is 16.9 Å². The van der Waals surface area contributed by atoms with Gasteiger partial charge in [0, 0.05) is 11.1 Å². The molecule has 4 nitrogen and oxygen atoms in total. The number of benzene rings is 1. The molecule has 19 heavy (non-hydrogen) atoms. The van der Waals surface area contributed by atoms with Crippen LogP contribution in [0.15, 0.2) is 18.2 Å². The largest absolute Gasteiger partial charge is 0.375 e. The Kier molecular flexibility index (Phi) is 5.65. The van der Waals surface area contributed by atoms with Crippen molar-refractivity contribution in [2.75, 3.05) is 11.9 Å². The number of nitrogens with zero attached hydrogens (tertiary/aromatic N) is 1. The van der Waals surface area contributed by atoms with E-state index in [2.05, 4.69) is 16.7 Å². The molecule has 1 unspecified atom stereocenters. The van der Waals surface area contributed by atoms with E-state index in [0.717, 1.165) is 0 Å². The summed E-state index contributed by atoms with van der Waals surface area (Å²) in [6, 6.07) is 7.08. The topological polar surface area (TPSA) is 64.9 Å². The Bertz CT molecular complexity index is 494. The van der Waals surface area contributed by atoms with E-state index in [1.807, 2.05) is 20.8 Å². The van der Waals surface area contributed by atoms with Crippen LogP contribution in [0.2, 0.25) is 5.02 Å². The molecule has 0 fully saturated rings. The van der Waals surface area contributed by atoms with Crippen molar-refractivity contribution in [2.45, 2.75) is 26.8 Å². The van der Waals surface area contributed by atoms with Crippen LogP contribution < -0.4 is 10.6 Å². The first-order valence-corrected chi connectivity index (χ1v) is 6.54. The van der Waals surface area contributed by atoms with Crippen molar-refractivity contribution in [3.63, 3.8) is 0 Å². The lowest BCUT2D eigenvalue weighted by Gasteiger charge is -2.18. The molecule has 0 bridgehead atoms. The number of anilines is 1. The Morgan fingerprint density at radius 2 is 2.11 bits per heavy atom. The van der Waals surface area contributed by atoms with Gasteiger partial charge in [0.1, 0.15) is 6.07 Å². The van der Waals surface area contributed by atoms with E-state index in [9.17, 15) is 4.79 Å². The molecule has 2 N–H and O–H groups in total. The summed E-state index contributed by atoms with van der Waals surface area (Å²) in [5, 5.41) is 15.3. The van der Waals surface area contributed by atoms with Crippen LogP contribution in [0, 0.1) is 17.2 Å². The molecule has 1 rings (SSSR count). The molecule has 5 heteroatoms. The predicted octanol–water partition coefficient (Wildman–Crippen LogP) is 2.78. The summed E-state index contributed by atoms with van der Waals surface area (Å²) >= 11 is 5.87. The van der Waals surface area contributed by atoms with Gasteiger partial charge in [-0.25, -0.2) is 0 Å². The second-order valence-corrected chi connectivity index (χ2v) is 5.19. The fourth-order valence-electron chi connectivity index (χ4n) is 1.41. The first-order valence-electron chi connectivity index (χ1n) is 6.17. The van der Waals surface area contributed by atoms with Gasteiger partial charge in [-0.2, -0.15) is 5.26 Å². The minimum atomic E-state index is -0.106. The summed E-state index contributed by atoms with van der Waals surface area (Å²) in [6.45, 7) is 6.17. The first-order chi connectivity index (χ1) is 8.93. The lowest BCUT2D eigenvalue weighted by molar-refractivity contribution is -0.120. The normalized spacial score (nSPS) is 11.8. The van der Waals surface area contributed by atoms with Crippen LogP contribution in [-0.2, 0) is 4.79 Å². The second kappa shape index (κ2) is 7.01. The lowest BCUT2D eigenvalue weighted by atomic mass is 10.1. The van der Waals surface area contributed by atoms with Gasteiger partial charge in [0.15, 0.2) is 0 Å². The van der Waals surface area contributed by atoms with Gasteiger partial charge in [0.25, 0.3) is 0 Å². The third-order valence-corrected chi connectivity index (χ3v) is 3.17. The molecule has 0 saturated heterocycles. The molecule has 0 aromatic heterocycles. The third-order valence-electron chi connectivity index (χ3n) is 2.93. The Balaban J connectivity index is 2.60. The average Bonchev–Trinajstić information content (AvgIpc) is 2.36. The smallest absolute Gasteiger partial charge is 0.239 e. The van der Waals surface area contributed by atoms with Crippen LogP contribution in [0.5, 0.6) is 0 Å². The molecule has 0 aliphatic carbocycles. The molecular formula is C14H18ClN3O. The van der Waals surface area contributed by atoms with Gasteiger partial charge in [-0.1, -0.05) is 25.4 Å². The molecule has 0 aliphatic rings. The van der Waals surface area contributed by atoms with Gasteiger partial charge in [0.2, 0.25) is 5.91 Å². The predicted molar refractivity (Wildman–Crippen MR) is 77.1 cm³/mol. The number of carbonyl (C=O) groups is 1. The standard InChI is InChI=1S/C14H18ClN3O/c1-9(2)10(3)18-14(19)8-17-13-6-12(15)5-4-11(13)7-16/h4-6,9-10,17H,8H2,1-3H3,(H,18,19). The highest BCUT2D eigenvalue weighted by Crippen LogP contribution is 2.19. The molecule has 0 spiro atoms. The highest BCUT2D eigenvalue weighted by atomic mass is 35.5. The number of carbonyl (C=O) groups excluding carboxylic acids is 1. The minimum Gasteiger partial charge on any atom is -0.375 e. The Morgan fingerprint density at radius 3 is 2.68 bits per heavy atom. The molecule has 1 amide bonds. The SMILES string of the molecule is CC(C)C(C)NC(=O)CNc1cc(Cl)ccc1C#N. The molecule has 1 aromatic rings. The molecule has 0 radical (unpaired) electrons. The van der Waals surface area contributed by atoms with Crippen LogP contribution in [0.1, 0.15) is 26.3 Å². The van der Waals surface area contributed by atoms with E-state index in [0.29, 0.717) is 22.2 Å². The van der Waals surface area contributed by atoms with E-state index in [1.165, 1.54) is 0 Å². The monoisotopic (exact) mass is 279 g/mol. The maximum Gasteiger partial charge on any atom is 0.239 e. The average molecular weight is 280 g/mol. The van der Waals surface area contributed by atoms with E-state index in [1.54, 1.807) is 18.2 Å². The Hall–Kier alpha value is -1.73. The fourth-order valence-corrected chi connectivity index (χ4v) is 1.58. The molecule has 0 heterocycles. The third kappa shape index (κ3) is 4.80. The summed E-state index contributed by atoms with van der Waals surface area (Å²) in [7, 11) is 0. The van der Waals surface area contributed by atoms with Crippen molar-refractivity contribution in [1.29, 1.82) is 5.26 Å². The summed E-state index contributed by atoms with van der Waals surface area (Å²) in [5.74, 6) is 0.273. The molecule has 0 saturated carbocycles. The summed E-state index contributed by atoms with van der Waals surface area (Å²) in [5.41, 5.74) is 1.04. The van der Waals surface area contributed by atoms with Crippen LogP contribution in [-0.4, -0.2) is 18.5 Å². The van der Waals surface area contributed by atoms with Crippen LogP contribution in [0.4, 0.5) is 5.69 Å². The second-order valence-electron chi connectivity index (χ2n) is 4.76. The van der Waals surface area contributed by atoms with Crippen LogP contribution in [0.25, 0.3) is 0 Å². The van der Waals surface area contributed by atoms with E-state index >= 15 is 0 Å². The maximum atomic E-state index is 11.7. The van der Waals surface area contributed by atoms with Gasteiger partial charge in [-0.3, -0.25) is 4.79 Å². The maximum absolute atomic E-state index is 11.7. The van der Waals surface area contributed by atoms with Crippen LogP contribution >= 0.6 is 11.6 Å². The van der Waals surface area contributed by atoms with Gasteiger partial charge in [0.05, 0.1) is 17.8 Å². The van der Waals surface area contributed by atoms with Crippen LogP contribution in [0.3, 0.4) is 0 Å². The number of nitrogens with one attached hydrogen (secondary N) is 2. The van der Waals surface area contributed by atoms with E-state index < -0.39 is 0 Å². The lowest BCUT2D eigenvalue weighted by Crippen LogP contribution is -2.39. The summed E-state index contributed by atoms with van der Waals surface area (Å²) in [6.07, 6.45) is 0. The molecule has 1 aromatic carbocycles. The fraction of sp³-hybridized carbons (Fsp3) is 0.429. The van der Waals surface area contributed by atoms with Crippen molar-refractivity contribution in [3.8, 4) is 6.07 Å². The highest BCUT2D eigenvalue weighted by Gasteiger charge is 2.11. The minimum absolute atomic E-state index is 0.106. The van der Waals surface area contributed by atoms with Gasteiger partial charge < -0.3 is 10.6 Å². The van der Waals surface area contributed by atoms with E-state index in [-0.39, 0.29) is 18.5 Å². The van der Waals surface area contributed by atoms with Crippen molar-refractivity contribution >= 4 is 23.2 Å². The number of nitriles is 1. The molecular weight excluding hydrogens is 262 g/mol. The Morgan fingerprint density at radius 1 is 1.42 bits per heavy atom. The quantitative estimate of drug-likeness (QED) is 0.871. The number of halogens is 1. The number of amides is 1. The zero-order chi connectivity index (χ0) is 14.4. The highest BCUT2D eigenvalue weighted by molar-refractivity contribution is 6.30. The number of hydrogen-bond donors (Lipinski definition) is 2. The molecule has 0 aliphatic heterocycles. The van der Waals surface area contributed by atoms with Crippen molar-refractivity contribution in [2.24, 2.45) is 5.92 Å². The molecule has 102 valence electrons. The first kappa shape index (κ1) is 15.3. The van der Waals surface area contributed by atoms with Gasteiger partial charge in [-0.05, 0) is 31.0 Å². The molecule has 1 atom stereocenters. The zero-order valence-electron chi connectivity index (χ0n) is 11.3.